The number of carbonyl (C=O) groups excluding carboxylic acids is 1. The number of carbonyl (C=O) groups is 1. The second kappa shape index (κ2) is 15.1. The van der Waals surface area contributed by atoms with Gasteiger partial charge in [-0.3, -0.25) is 4.79 Å². The van der Waals surface area contributed by atoms with Crippen molar-refractivity contribution < 1.29 is 32.5 Å². The summed E-state index contributed by atoms with van der Waals surface area (Å²) in [5.74, 6) is 1.30. The molecule has 2 aromatic rings. The molecule has 39 heavy (non-hydrogen) atoms. The van der Waals surface area contributed by atoms with Crippen molar-refractivity contribution in [3.05, 3.63) is 53.6 Å². The van der Waals surface area contributed by atoms with Crippen LogP contribution in [-0.2, 0) is 27.8 Å². The van der Waals surface area contributed by atoms with Gasteiger partial charge < -0.3 is 30.0 Å². The minimum atomic E-state index is -3.56. The van der Waals surface area contributed by atoms with Crippen molar-refractivity contribution in [1.82, 2.24) is 14.9 Å². The molecule has 11 heteroatoms. The smallest absolute Gasteiger partial charge is 0.231 e. The molecule has 3 rings (SSSR count). The van der Waals surface area contributed by atoms with E-state index in [1.54, 1.807) is 13.2 Å². The second-order valence-electron chi connectivity index (χ2n) is 9.58. The van der Waals surface area contributed by atoms with E-state index in [2.05, 4.69) is 10.6 Å². The molecular formula is C28H41N3O7S. The van der Waals surface area contributed by atoms with Gasteiger partial charge in [-0.1, -0.05) is 32.0 Å². The largest absolute Gasteiger partial charge is 0.497 e. The number of ether oxygens (including phenoxy) is 3. The van der Waals surface area contributed by atoms with Gasteiger partial charge in [0, 0.05) is 32.6 Å². The lowest BCUT2D eigenvalue weighted by Crippen LogP contribution is -2.49. The van der Waals surface area contributed by atoms with Crippen LogP contribution in [0.3, 0.4) is 0 Å². The Hall–Kier alpha value is -2.86. The van der Waals surface area contributed by atoms with E-state index in [1.165, 1.54) is 4.31 Å². The molecule has 0 aliphatic carbocycles. The minimum Gasteiger partial charge on any atom is -0.497 e. The Kier molecular flexibility index (Phi) is 11.9. The number of benzene rings is 2. The summed E-state index contributed by atoms with van der Waals surface area (Å²) in [4.78, 5) is 12.9. The van der Waals surface area contributed by atoms with Gasteiger partial charge in [0.15, 0.2) is 11.5 Å². The Morgan fingerprint density at radius 3 is 2.54 bits per heavy atom. The summed E-state index contributed by atoms with van der Waals surface area (Å²) in [6.45, 7) is 5.58. The topological polar surface area (TPSA) is 126 Å². The highest BCUT2D eigenvalue weighted by Crippen LogP contribution is 2.33. The maximum atomic E-state index is 12.9. The van der Waals surface area contributed by atoms with Crippen LogP contribution in [0.25, 0.3) is 0 Å². The van der Waals surface area contributed by atoms with Crippen LogP contribution in [0.15, 0.2) is 42.5 Å². The van der Waals surface area contributed by atoms with Crippen molar-refractivity contribution in [2.75, 3.05) is 39.3 Å². The van der Waals surface area contributed by atoms with Crippen LogP contribution >= 0.6 is 0 Å². The normalized spacial score (nSPS) is 14.3. The number of sulfonamides is 1. The number of nitrogens with one attached hydrogen (secondary N) is 2. The van der Waals surface area contributed by atoms with Crippen LogP contribution in [-0.4, -0.2) is 75.2 Å². The number of aliphatic hydroxyl groups excluding tert-OH is 1. The number of amides is 1. The van der Waals surface area contributed by atoms with Crippen LogP contribution < -0.4 is 24.8 Å². The van der Waals surface area contributed by atoms with Crippen molar-refractivity contribution in [3.8, 4) is 17.2 Å². The number of rotatable bonds is 17. The molecule has 1 heterocycles. The van der Waals surface area contributed by atoms with Crippen molar-refractivity contribution in [1.29, 1.82) is 0 Å². The van der Waals surface area contributed by atoms with Crippen molar-refractivity contribution in [2.24, 2.45) is 0 Å². The molecule has 2 atom stereocenters. The lowest BCUT2D eigenvalue weighted by atomic mass is 10.00. The Labute approximate surface area is 231 Å². The fourth-order valence-electron chi connectivity index (χ4n) is 4.41. The molecule has 1 amide bonds. The highest BCUT2D eigenvalue weighted by Gasteiger charge is 2.26. The lowest BCUT2D eigenvalue weighted by molar-refractivity contribution is -0.122. The average molecular weight is 564 g/mol. The fourth-order valence-corrected chi connectivity index (χ4v) is 6.04. The Morgan fingerprint density at radius 2 is 1.82 bits per heavy atom. The van der Waals surface area contributed by atoms with Gasteiger partial charge >= 0.3 is 0 Å². The summed E-state index contributed by atoms with van der Waals surface area (Å²) < 4.78 is 43.2. The summed E-state index contributed by atoms with van der Waals surface area (Å²) in [5, 5.41) is 17.2. The zero-order valence-corrected chi connectivity index (χ0v) is 23.8. The van der Waals surface area contributed by atoms with Crippen molar-refractivity contribution >= 4 is 15.9 Å². The second-order valence-corrected chi connectivity index (χ2v) is 11.7. The van der Waals surface area contributed by atoms with Gasteiger partial charge in [-0.25, -0.2) is 12.7 Å². The van der Waals surface area contributed by atoms with E-state index in [0.29, 0.717) is 50.4 Å². The molecule has 0 spiro atoms. The van der Waals surface area contributed by atoms with Gasteiger partial charge in [-0.2, -0.15) is 0 Å². The van der Waals surface area contributed by atoms with Crippen LogP contribution in [0, 0.1) is 0 Å². The third kappa shape index (κ3) is 9.38. The molecule has 0 unspecified atom stereocenters. The first-order valence-electron chi connectivity index (χ1n) is 13.4. The average Bonchev–Trinajstić information content (AvgIpc) is 3.39. The molecular weight excluding hydrogens is 522 g/mol. The number of aliphatic hydroxyl groups is 1. The van der Waals surface area contributed by atoms with Gasteiger partial charge in [0.25, 0.3) is 0 Å². The molecule has 0 fully saturated rings. The molecule has 216 valence electrons. The quantitative estimate of drug-likeness (QED) is 0.268. The number of fused-ring (bicyclic) bond motifs is 1. The molecule has 0 saturated heterocycles. The van der Waals surface area contributed by atoms with Crippen LogP contribution in [0.2, 0.25) is 0 Å². The first kappa shape index (κ1) is 30.7. The molecule has 1 aliphatic rings. The Morgan fingerprint density at radius 1 is 1.08 bits per heavy atom. The Bertz CT molecular complexity index is 1170. The molecule has 10 nitrogen and oxygen atoms in total. The molecule has 2 aromatic carbocycles. The fraction of sp³-hybridized carbons (Fsp3) is 0.536. The summed E-state index contributed by atoms with van der Waals surface area (Å²) in [6.07, 6.45) is 0.622. The van der Waals surface area contributed by atoms with E-state index in [0.717, 1.165) is 16.9 Å². The van der Waals surface area contributed by atoms with Gasteiger partial charge in [0.2, 0.25) is 22.7 Å². The number of nitrogens with zero attached hydrogens (tertiary/aromatic N) is 1. The zero-order chi connectivity index (χ0) is 28.3. The SMILES string of the molecule is CCCN(CCC)S(=O)(=O)CCC(=O)N[C@@H](Cc1ccc2c(c1)OCO2)[C@H](O)CNCc1cccc(OC)c1. The first-order chi connectivity index (χ1) is 18.7. The monoisotopic (exact) mass is 563 g/mol. The minimum absolute atomic E-state index is 0.150. The van der Waals surface area contributed by atoms with E-state index >= 15 is 0 Å². The summed E-state index contributed by atoms with van der Waals surface area (Å²) in [6, 6.07) is 12.5. The zero-order valence-electron chi connectivity index (χ0n) is 23.0. The number of hydrogen-bond donors (Lipinski definition) is 3. The van der Waals surface area contributed by atoms with Gasteiger partial charge in [-0.05, 0) is 54.7 Å². The van der Waals surface area contributed by atoms with Gasteiger partial charge in [-0.15, -0.1) is 0 Å². The molecule has 0 bridgehead atoms. The number of methoxy groups -OCH3 is 1. The highest BCUT2D eigenvalue weighted by molar-refractivity contribution is 7.89. The summed E-state index contributed by atoms with van der Waals surface area (Å²) >= 11 is 0. The number of hydrogen-bond acceptors (Lipinski definition) is 8. The van der Waals surface area contributed by atoms with E-state index in [-0.39, 0.29) is 25.5 Å². The van der Waals surface area contributed by atoms with E-state index in [1.807, 2.05) is 50.2 Å². The predicted molar refractivity (Wildman–Crippen MR) is 149 cm³/mol. The highest BCUT2D eigenvalue weighted by atomic mass is 32.2. The molecule has 0 aromatic heterocycles. The standard InChI is InChI=1S/C28H41N3O7S/c1-4-12-31(13-5-2)39(34,35)14-11-28(33)30-24(16-21-9-10-26-27(17-21)38-20-37-26)25(32)19-29-18-22-7-6-8-23(15-22)36-3/h6-10,15,17,24-25,29,32H,4-5,11-14,16,18-20H2,1-3H3,(H,30,33)/t24-,25+/m0/s1. The third-order valence-corrected chi connectivity index (χ3v) is 8.32. The van der Waals surface area contributed by atoms with Gasteiger partial charge in [0.1, 0.15) is 5.75 Å². The molecule has 1 aliphatic heterocycles. The van der Waals surface area contributed by atoms with Crippen molar-refractivity contribution in [2.45, 2.75) is 58.2 Å². The molecule has 0 radical (unpaired) electrons. The first-order valence-corrected chi connectivity index (χ1v) is 15.0. The van der Waals surface area contributed by atoms with Gasteiger partial charge in [0.05, 0.1) is 25.0 Å². The Balaban J connectivity index is 1.64. The van der Waals surface area contributed by atoms with Crippen LogP contribution in [0.4, 0.5) is 0 Å². The van der Waals surface area contributed by atoms with Crippen LogP contribution in [0.1, 0.15) is 44.2 Å². The van der Waals surface area contributed by atoms with E-state index in [9.17, 15) is 18.3 Å². The predicted octanol–water partition coefficient (Wildman–Crippen LogP) is 2.44. The van der Waals surface area contributed by atoms with Crippen molar-refractivity contribution in [3.63, 3.8) is 0 Å². The van der Waals surface area contributed by atoms with E-state index < -0.39 is 28.1 Å². The molecule has 0 saturated carbocycles. The lowest BCUT2D eigenvalue weighted by Gasteiger charge is -2.25. The third-order valence-electron chi connectivity index (χ3n) is 6.45. The van der Waals surface area contributed by atoms with Crippen LogP contribution in [0.5, 0.6) is 17.2 Å². The summed E-state index contributed by atoms with van der Waals surface area (Å²) in [7, 11) is -1.95. The maximum Gasteiger partial charge on any atom is 0.231 e. The molecule has 3 N–H and O–H groups in total. The van der Waals surface area contributed by atoms with E-state index in [4.69, 9.17) is 14.2 Å². The summed E-state index contributed by atoms with van der Waals surface area (Å²) in [5.41, 5.74) is 1.84. The maximum absolute atomic E-state index is 12.9.